The molecule has 1 aromatic carbocycles. The summed E-state index contributed by atoms with van der Waals surface area (Å²) in [5.41, 5.74) is 2.25. The first-order valence-electron chi connectivity index (χ1n) is 8.13. The first kappa shape index (κ1) is 15.4. The minimum absolute atomic E-state index is 0.00376. The molecule has 0 aliphatic carbocycles. The third-order valence-electron chi connectivity index (χ3n) is 4.38. The van der Waals surface area contributed by atoms with Crippen molar-refractivity contribution in [2.24, 2.45) is 0 Å². The lowest BCUT2D eigenvalue weighted by molar-refractivity contribution is 0.369. The summed E-state index contributed by atoms with van der Waals surface area (Å²) in [4.78, 5) is 15.7. The van der Waals surface area contributed by atoms with Crippen LogP contribution in [0.3, 0.4) is 0 Å². The van der Waals surface area contributed by atoms with Crippen molar-refractivity contribution < 1.29 is 0 Å². The van der Waals surface area contributed by atoms with E-state index in [0.717, 1.165) is 30.4 Å². The normalized spacial score (nSPS) is 15.8. The van der Waals surface area contributed by atoms with E-state index in [9.17, 15) is 0 Å². The van der Waals surface area contributed by atoms with E-state index in [1.807, 2.05) is 6.07 Å². The van der Waals surface area contributed by atoms with Gasteiger partial charge in [0.2, 0.25) is 5.95 Å². The first-order chi connectivity index (χ1) is 11.4. The van der Waals surface area contributed by atoms with E-state index in [1.54, 1.807) is 12.4 Å². The van der Waals surface area contributed by atoms with Crippen molar-refractivity contribution in [3.05, 3.63) is 47.5 Å². The molecule has 0 spiro atoms. The number of benzene rings is 1. The van der Waals surface area contributed by atoms with Crippen molar-refractivity contribution in [3.63, 3.8) is 0 Å². The number of hydrogen-bond donors (Lipinski definition) is 0. The zero-order valence-corrected chi connectivity index (χ0v) is 14.8. The fourth-order valence-electron chi connectivity index (χ4n) is 3.19. The number of halogens is 1. The number of fused-ring (bicyclic) bond motifs is 1. The fourth-order valence-corrected chi connectivity index (χ4v) is 3.29. The summed E-state index contributed by atoms with van der Waals surface area (Å²) < 4.78 is 2.39. The number of para-hydroxylation sites is 2. The molecule has 0 N–H and O–H groups in total. The predicted molar refractivity (Wildman–Crippen MR) is 96.7 cm³/mol. The van der Waals surface area contributed by atoms with Crippen molar-refractivity contribution in [2.45, 2.75) is 32.2 Å². The standard InChI is InChI=1S/C18H20ClN5/c1-18(2,3)16-22-14-6-4-5-7-15(14)24(16)13-10-23(11-13)17-20-8-12(19)9-21-17/h4-9,13H,10-11H2,1-3H3. The highest BCUT2D eigenvalue weighted by Crippen LogP contribution is 2.34. The van der Waals surface area contributed by atoms with Gasteiger partial charge in [-0.05, 0) is 12.1 Å². The molecule has 1 fully saturated rings. The molecular weight excluding hydrogens is 322 g/mol. The van der Waals surface area contributed by atoms with Crippen LogP contribution < -0.4 is 4.90 Å². The summed E-state index contributed by atoms with van der Waals surface area (Å²) in [6.07, 6.45) is 3.29. The maximum Gasteiger partial charge on any atom is 0.225 e. The molecule has 0 bridgehead atoms. The molecule has 3 aromatic rings. The van der Waals surface area contributed by atoms with Crippen LogP contribution in [0.1, 0.15) is 32.6 Å². The smallest absolute Gasteiger partial charge is 0.225 e. The third kappa shape index (κ3) is 2.53. The van der Waals surface area contributed by atoms with Gasteiger partial charge in [-0.15, -0.1) is 0 Å². The van der Waals surface area contributed by atoms with Gasteiger partial charge in [-0.3, -0.25) is 0 Å². The summed E-state index contributed by atoms with van der Waals surface area (Å²) in [5.74, 6) is 1.86. The van der Waals surface area contributed by atoms with Gasteiger partial charge in [-0.25, -0.2) is 15.0 Å². The molecule has 1 aliphatic heterocycles. The molecule has 2 aromatic heterocycles. The van der Waals surface area contributed by atoms with Crippen LogP contribution in [0.4, 0.5) is 5.95 Å². The molecule has 1 saturated heterocycles. The Morgan fingerprint density at radius 3 is 2.42 bits per heavy atom. The van der Waals surface area contributed by atoms with Crippen LogP contribution in [0.15, 0.2) is 36.7 Å². The highest BCUT2D eigenvalue weighted by atomic mass is 35.5. The molecule has 0 saturated carbocycles. The van der Waals surface area contributed by atoms with E-state index in [-0.39, 0.29) is 5.41 Å². The summed E-state index contributed by atoms with van der Waals surface area (Å²) in [6, 6.07) is 8.73. The second-order valence-electron chi connectivity index (χ2n) is 7.30. The molecule has 5 nitrogen and oxygen atoms in total. The Morgan fingerprint density at radius 1 is 1.08 bits per heavy atom. The van der Waals surface area contributed by atoms with E-state index >= 15 is 0 Å². The second-order valence-corrected chi connectivity index (χ2v) is 7.74. The third-order valence-corrected chi connectivity index (χ3v) is 4.58. The van der Waals surface area contributed by atoms with E-state index in [0.29, 0.717) is 11.1 Å². The monoisotopic (exact) mass is 341 g/mol. The van der Waals surface area contributed by atoms with Gasteiger partial charge < -0.3 is 9.47 Å². The van der Waals surface area contributed by atoms with Gasteiger partial charge in [0.1, 0.15) is 5.82 Å². The zero-order valence-electron chi connectivity index (χ0n) is 14.1. The first-order valence-corrected chi connectivity index (χ1v) is 8.51. The van der Waals surface area contributed by atoms with E-state index in [1.165, 1.54) is 5.52 Å². The van der Waals surface area contributed by atoms with Gasteiger partial charge in [0.05, 0.1) is 34.5 Å². The van der Waals surface area contributed by atoms with Crippen molar-refractivity contribution in [1.82, 2.24) is 19.5 Å². The van der Waals surface area contributed by atoms with Gasteiger partial charge in [0, 0.05) is 18.5 Å². The van der Waals surface area contributed by atoms with Crippen LogP contribution in [0, 0.1) is 0 Å². The minimum atomic E-state index is -0.00376. The zero-order chi connectivity index (χ0) is 16.9. The molecule has 0 unspecified atom stereocenters. The van der Waals surface area contributed by atoms with Crippen LogP contribution in [-0.4, -0.2) is 32.6 Å². The lowest BCUT2D eigenvalue weighted by atomic mass is 9.94. The molecule has 4 rings (SSSR count). The van der Waals surface area contributed by atoms with Gasteiger partial charge in [0.15, 0.2) is 0 Å². The van der Waals surface area contributed by atoms with E-state index < -0.39 is 0 Å². The van der Waals surface area contributed by atoms with E-state index in [2.05, 4.69) is 58.4 Å². The van der Waals surface area contributed by atoms with Crippen LogP contribution in [0.5, 0.6) is 0 Å². The molecule has 124 valence electrons. The van der Waals surface area contributed by atoms with Gasteiger partial charge in [0.25, 0.3) is 0 Å². The Hall–Kier alpha value is -2.14. The molecule has 24 heavy (non-hydrogen) atoms. The van der Waals surface area contributed by atoms with Crippen molar-refractivity contribution in [3.8, 4) is 0 Å². The number of hydrogen-bond acceptors (Lipinski definition) is 4. The van der Waals surface area contributed by atoms with E-state index in [4.69, 9.17) is 16.6 Å². The Balaban J connectivity index is 1.67. The number of aromatic nitrogens is 4. The Labute approximate surface area is 146 Å². The number of anilines is 1. The Kier molecular flexibility index (Phi) is 3.49. The van der Waals surface area contributed by atoms with Crippen LogP contribution in [0.2, 0.25) is 5.02 Å². The van der Waals surface area contributed by atoms with Crippen molar-refractivity contribution in [2.75, 3.05) is 18.0 Å². The Morgan fingerprint density at radius 2 is 1.75 bits per heavy atom. The summed E-state index contributed by atoms with van der Waals surface area (Å²) in [6.45, 7) is 8.40. The van der Waals surface area contributed by atoms with Gasteiger partial charge in [-0.2, -0.15) is 0 Å². The quantitative estimate of drug-likeness (QED) is 0.710. The average molecular weight is 342 g/mol. The fraction of sp³-hybridized carbons (Fsp3) is 0.389. The van der Waals surface area contributed by atoms with Crippen LogP contribution in [0.25, 0.3) is 11.0 Å². The highest BCUT2D eigenvalue weighted by molar-refractivity contribution is 6.30. The number of nitrogens with zero attached hydrogens (tertiary/aromatic N) is 5. The molecule has 1 aliphatic rings. The molecule has 0 radical (unpaired) electrons. The average Bonchev–Trinajstić information content (AvgIpc) is 2.88. The van der Waals surface area contributed by atoms with Crippen LogP contribution in [-0.2, 0) is 5.41 Å². The summed E-state index contributed by atoms with van der Waals surface area (Å²) >= 11 is 5.87. The molecule has 3 heterocycles. The molecule has 0 amide bonds. The summed E-state index contributed by atoms with van der Waals surface area (Å²) in [5, 5.41) is 0.562. The second kappa shape index (κ2) is 5.45. The largest absolute Gasteiger partial charge is 0.337 e. The number of rotatable bonds is 2. The Bertz CT molecular complexity index is 873. The highest BCUT2D eigenvalue weighted by Gasteiger charge is 2.35. The van der Waals surface area contributed by atoms with Crippen molar-refractivity contribution in [1.29, 1.82) is 0 Å². The molecule has 0 atom stereocenters. The maximum absolute atomic E-state index is 5.87. The maximum atomic E-state index is 5.87. The van der Waals surface area contributed by atoms with Crippen LogP contribution >= 0.6 is 11.6 Å². The predicted octanol–water partition coefficient (Wildman–Crippen LogP) is 3.84. The lowest BCUT2D eigenvalue weighted by Crippen LogP contribution is -2.49. The topological polar surface area (TPSA) is 46.8 Å². The molecule has 6 heteroatoms. The summed E-state index contributed by atoms with van der Waals surface area (Å²) in [7, 11) is 0. The molecular formula is C18H20ClN5. The van der Waals surface area contributed by atoms with Gasteiger partial charge in [-0.1, -0.05) is 44.5 Å². The van der Waals surface area contributed by atoms with Gasteiger partial charge >= 0.3 is 0 Å². The number of imidazole rings is 1. The lowest BCUT2D eigenvalue weighted by Gasteiger charge is -2.41. The van der Waals surface area contributed by atoms with Crippen molar-refractivity contribution >= 4 is 28.6 Å². The SMILES string of the molecule is CC(C)(C)c1nc2ccccc2n1C1CN(c2ncc(Cl)cn2)C1. The minimum Gasteiger partial charge on any atom is -0.337 e.